The third kappa shape index (κ3) is 2.20. The van der Waals surface area contributed by atoms with Crippen LogP contribution in [0, 0.1) is 0 Å². The van der Waals surface area contributed by atoms with Crippen molar-refractivity contribution in [3.8, 4) is 0 Å². The normalized spacial score (nSPS) is 23.2. The lowest BCUT2D eigenvalue weighted by Crippen LogP contribution is -2.48. The lowest BCUT2D eigenvalue weighted by atomic mass is 9.95. The molecule has 1 atom stereocenters. The van der Waals surface area contributed by atoms with Crippen molar-refractivity contribution in [1.82, 2.24) is 14.4 Å². The van der Waals surface area contributed by atoms with Crippen LogP contribution in [0.1, 0.15) is 19.8 Å². The molecule has 108 valence electrons. The zero-order valence-corrected chi connectivity index (χ0v) is 12.3. The molecule has 0 aliphatic carbocycles. The maximum Gasteiger partial charge on any atom is 0.180 e. The van der Waals surface area contributed by atoms with Crippen LogP contribution in [0.5, 0.6) is 0 Å². The Bertz CT molecular complexity index is 611. The van der Waals surface area contributed by atoms with Gasteiger partial charge < -0.3 is 19.4 Å². The van der Waals surface area contributed by atoms with Crippen molar-refractivity contribution < 1.29 is 4.74 Å². The molecule has 6 nitrogen and oxygen atoms in total. The summed E-state index contributed by atoms with van der Waals surface area (Å²) >= 11 is 0. The lowest BCUT2D eigenvalue weighted by Gasteiger charge is -2.40. The fraction of sp³-hybridized carbons (Fsp3) is 0.571. The maximum absolute atomic E-state index is 5.67. The fourth-order valence-corrected chi connectivity index (χ4v) is 2.80. The highest BCUT2D eigenvalue weighted by Gasteiger charge is 2.32. The number of aromatic nitrogens is 3. The van der Waals surface area contributed by atoms with Gasteiger partial charge in [0.1, 0.15) is 5.82 Å². The van der Waals surface area contributed by atoms with Crippen LogP contribution in [0.25, 0.3) is 5.65 Å². The van der Waals surface area contributed by atoms with E-state index in [1.807, 2.05) is 23.8 Å². The highest BCUT2D eigenvalue weighted by atomic mass is 16.5. The molecule has 0 radical (unpaired) electrons. The van der Waals surface area contributed by atoms with Gasteiger partial charge in [0.25, 0.3) is 0 Å². The van der Waals surface area contributed by atoms with Gasteiger partial charge in [-0.2, -0.15) is 0 Å². The number of ether oxygens (including phenoxy) is 1. The quantitative estimate of drug-likeness (QED) is 0.925. The van der Waals surface area contributed by atoms with E-state index in [1.54, 1.807) is 13.3 Å². The third-order valence-corrected chi connectivity index (χ3v) is 4.06. The van der Waals surface area contributed by atoms with E-state index in [0.717, 1.165) is 43.2 Å². The van der Waals surface area contributed by atoms with Crippen molar-refractivity contribution in [2.24, 2.45) is 0 Å². The topological polar surface area (TPSA) is 54.7 Å². The molecule has 20 heavy (non-hydrogen) atoms. The first-order valence-electron chi connectivity index (χ1n) is 6.97. The molecule has 3 heterocycles. The van der Waals surface area contributed by atoms with Gasteiger partial charge in [-0.1, -0.05) is 0 Å². The molecule has 0 bridgehead atoms. The van der Waals surface area contributed by atoms with Gasteiger partial charge in [0.15, 0.2) is 11.5 Å². The summed E-state index contributed by atoms with van der Waals surface area (Å²) in [5.41, 5.74) is 0.781. The van der Waals surface area contributed by atoms with E-state index in [1.165, 1.54) is 0 Å². The van der Waals surface area contributed by atoms with Gasteiger partial charge >= 0.3 is 0 Å². The number of anilines is 2. The van der Waals surface area contributed by atoms with E-state index in [2.05, 4.69) is 22.1 Å². The molecule has 2 aromatic rings. The average Bonchev–Trinajstić information content (AvgIpc) is 2.94. The summed E-state index contributed by atoms with van der Waals surface area (Å²) in [5.74, 6) is 1.76. The van der Waals surface area contributed by atoms with Crippen LogP contribution in [-0.4, -0.2) is 47.2 Å². The minimum atomic E-state index is -0.112. The Morgan fingerprint density at radius 1 is 1.45 bits per heavy atom. The number of imidazole rings is 1. The summed E-state index contributed by atoms with van der Waals surface area (Å²) in [5, 5.41) is 3.11. The first kappa shape index (κ1) is 13.2. The van der Waals surface area contributed by atoms with Crippen molar-refractivity contribution in [3.63, 3.8) is 0 Å². The average molecular weight is 275 g/mol. The molecule has 1 fully saturated rings. The number of fused-ring (bicyclic) bond motifs is 1. The molecule has 0 saturated carbocycles. The highest BCUT2D eigenvalue weighted by Crippen LogP contribution is 2.29. The molecule has 1 unspecified atom stereocenters. The summed E-state index contributed by atoms with van der Waals surface area (Å²) < 4.78 is 7.68. The predicted molar refractivity (Wildman–Crippen MR) is 79.4 cm³/mol. The minimum Gasteiger partial charge on any atom is -0.377 e. The zero-order chi connectivity index (χ0) is 14.2. The molecule has 0 aromatic carbocycles. The second kappa shape index (κ2) is 4.94. The first-order valence-corrected chi connectivity index (χ1v) is 6.97. The Balaban J connectivity index is 2.02. The number of rotatable bonds is 3. The van der Waals surface area contributed by atoms with Crippen LogP contribution in [0.4, 0.5) is 11.6 Å². The largest absolute Gasteiger partial charge is 0.377 e. The molecule has 1 aliphatic heterocycles. The Labute approximate surface area is 118 Å². The van der Waals surface area contributed by atoms with E-state index in [9.17, 15) is 0 Å². The Morgan fingerprint density at radius 3 is 3.05 bits per heavy atom. The maximum atomic E-state index is 5.67. The summed E-state index contributed by atoms with van der Waals surface area (Å²) in [6, 6.07) is 0. The van der Waals surface area contributed by atoms with Crippen molar-refractivity contribution in [2.75, 3.05) is 37.5 Å². The van der Waals surface area contributed by atoms with Gasteiger partial charge in [0, 0.05) is 39.6 Å². The van der Waals surface area contributed by atoms with Crippen molar-refractivity contribution in [2.45, 2.75) is 25.4 Å². The minimum absolute atomic E-state index is 0.112. The Hall–Kier alpha value is -1.82. The number of hydrogen-bond donors (Lipinski definition) is 1. The number of hydrogen-bond acceptors (Lipinski definition) is 5. The van der Waals surface area contributed by atoms with Crippen LogP contribution in [0.15, 0.2) is 18.6 Å². The van der Waals surface area contributed by atoms with E-state index in [-0.39, 0.29) is 5.60 Å². The molecule has 1 N–H and O–H groups in total. The monoisotopic (exact) mass is 275 g/mol. The molecule has 3 rings (SSSR count). The highest BCUT2D eigenvalue weighted by molar-refractivity contribution is 5.67. The SMILES string of the molecule is CNc1cn2ccnc2c(N2CCCC(C)(OC)C2)n1. The third-order valence-electron chi connectivity index (χ3n) is 4.06. The van der Waals surface area contributed by atoms with E-state index in [0.29, 0.717) is 0 Å². The summed E-state index contributed by atoms with van der Waals surface area (Å²) in [4.78, 5) is 11.4. The first-order chi connectivity index (χ1) is 9.65. The number of nitrogens with one attached hydrogen (secondary N) is 1. The zero-order valence-electron chi connectivity index (χ0n) is 12.3. The van der Waals surface area contributed by atoms with E-state index >= 15 is 0 Å². The van der Waals surface area contributed by atoms with Crippen molar-refractivity contribution in [1.29, 1.82) is 0 Å². The number of piperidine rings is 1. The van der Waals surface area contributed by atoms with Gasteiger partial charge in [-0.25, -0.2) is 9.97 Å². The molecular formula is C14H21N5O. The Kier molecular flexibility index (Phi) is 3.25. The van der Waals surface area contributed by atoms with Crippen LogP contribution in [-0.2, 0) is 4.74 Å². The van der Waals surface area contributed by atoms with Crippen molar-refractivity contribution >= 4 is 17.3 Å². The fourth-order valence-electron chi connectivity index (χ4n) is 2.80. The van der Waals surface area contributed by atoms with Crippen LogP contribution in [0.3, 0.4) is 0 Å². The molecule has 6 heteroatoms. The van der Waals surface area contributed by atoms with Gasteiger partial charge in [-0.3, -0.25) is 0 Å². The lowest BCUT2D eigenvalue weighted by molar-refractivity contribution is -0.00476. The van der Waals surface area contributed by atoms with Crippen LogP contribution < -0.4 is 10.2 Å². The molecule has 0 amide bonds. The standard InChI is InChI=1S/C14H21N5O/c1-14(20-3)5-4-7-19(10-14)13-12-16-6-8-18(12)9-11(15-2)17-13/h6,8-9,15H,4-5,7,10H2,1-3H3. The Morgan fingerprint density at radius 2 is 2.30 bits per heavy atom. The van der Waals surface area contributed by atoms with Gasteiger partial charge in [0.05, 0.1) is 11.8 Å². The molecule has 1 saturated heterocycles. The number of methoxy groups -OCH3 is 1. The summed E-state index contributed by atoms with van der Waals surface area (Å²) in [7, 11) is 3.66. The van der Waals surface area contributed by atoms with Gasteiger partial charge in [-0.15, -0.1) is 0 Å². The smallest absolute Gasteiger partial charge is 0.180 e. The van der Waals surface area contributed by atoms with E-state index < -0.39 is 0 Å². The molecular weight excluding hydrogens is 254 g/mol. The van der Waals surface area contributed by atoms with Crippen LogP contribution >= 0.6 is 0 Å². The van der Waals surface area contributed by atoms with Crippen molar-refractivity contribution in [3.05, 3.63) is 18.6 Å². The molecule has 1 aliphatic rings. The second-order valence-corrected chi connectivity index (χ2v) is 5.54. The molecule has 2 aromatic heterocycles. The van der Waals surface area contributed by atoms with E-state index in [4.69, 9.17) is 9.72 Å². The second-order valence-electron chi connectivity index (χ2n) is 5.54. The summed E-state index contributed by atoms with van der Waals surface area (Å²) in [6.45, 7) is 3.98. The van der Waals surface area contributed by atoms with Crippen LogP contribution in [0.2, 0.25) is 0 Å². The van der Waals surface area contributed by atoms with Gasteiger partial charge in [-0.05, 0) is 19.8 Å². The summed E-state index contributed by atoms with van der Waals surface area (Å²) in [6.07, 6.45) is 7.88. The predicted octanol–water partition coefficient (Wildman–Crippen LogP) is 1.78. The molecule has 0 spiro atoms. The number of nitrogens with zero attached hydrogens (tertiary/aromatic N) is 4. The van der Waals surface area contributed by atoms with Gasteiger partial charge in [0.2, 0.25) is 0 Å².